The van der Waals surface area contributed by atoms with Crippen LogP contribution in [0.1, 0.15) is 21.9 Å². The average molecular weight is 390 g/mol. The summed E-state index contributed by atoms with van der Waals surface area (Å²) in [5.41, 5.74) is 2.50. The summed E-state index contributed by atoms with van der Waals surface area (Å²) in [5, 5.41) is 0.826. The van der Waals surface area contributed by atoms with Gasteiger partial charge in [-0.15, -0.1) is 0 Å². The molecular formula is C23H18O6. The van der Waals surface area contributed by atoms with Crippen LogP contribution in [0.5, 0.6) is 5.75 Å². The molecule has 146 valence electrons. The van der Waals surface area contributed by atoms with E-state index in [0.717, 1.165) is 16.5 Å². The summed E-state index contributed by atoms with van der Waals surface area (Å²) in [6.45, 7) is 1.95. The Morgan fingerprint density at radius 3 is 2.55 bits per heavy atom. The first-order valence-corrected chi connectivity index (χ1v) is 8.99. The summed E-state index contributed by atoms with van der Waals surface area (Å²) >= 11 is 0. The van der Waals surface area contributed by atoms with Gasteiger partial charge in [-0.1, -0.05) is 30.3 Å². The molecule has 0 aliphatic rings. The maximum Gasteiger partial charge on any atom is 0.373 e. The van der Waals surface area contributed by atoms with Gasteiger partial charge in [0.2, 0.25) is 5.76 Å². The first-order valence-electron chi connectivity index (χ1n) is 8.99. The largest absolute Gasteiger partial charge is 0.485 e. The van der Waals surface area contributed by atoms with Crippen molar-refractivity contribution in [3.05, 3.63) is 88.2 Å². The van der Waals surface area contributed by atoms with Gasteiger partial charge in [-0.25, -0.2) is 9.59 Å². The Hall–Kier alpha value is -3.80. The Morgan fingerprint density at radius 1 is 1.00 bits per heavy atom. The van der Waals surface area contributed by atoms with Gasteiger partial charge in [0.05, 0.1) is 7.11 Å². The van der Waals surface area contributed by atoms with E-state index < -0.39 is 11.6 Å². The molecule has 29 heavy (non-hydrogen) atoms. The highest BCUT2D eigenvalue weighted by Gasteiger charge is 2.15. The van der Waals surface area contributed by atoms with Gasteiger partial charge in [-0.05, 0) is 42.3 Å². The topological polar surface area (TPSA) is 78.9 Å². The second-order valence-corrected chi connectivity index (χ2v) is 6.46. The molecule has 0 saturated carbocycles. The minimum Gasteiger partial charge on any atom is -0.485 e. The van der Waals surface area contributed by atoms with Gasteiger partial charge in [0.1, 0.15) is 23.7 Å². The quantitative estimate of drug-likeness (QED) is 0.362. The van der Waals surface area contributed by atoms with Gasteiger partial charge in [-0.2, -0.15) is 0 Å². The molecule has 4 rings (SSSR count). The number of benzene rings is 2. The Morgan fingerprint density at radius 2 is 1.79 bits per heavy atom. The van der Waals surface area contributed by atoms with Crippen LogP contribution in [0.2, 0.25) is 0 Å². The molecule has 0 atom stereocenters. The Labute approximate surface area is 166 Å². The standard InChI is InChI=1S/C23H18O6/c1-14-19(27-13-16-8-10-20(28-16)23(25)26-2)11-9-17-18(12-21(24)29-22(14)17)15-6-4-3-5-7-15/h3-12H,13H2,1-2H3. The molecule has 0 bridgehead atoms. The predicted molar refractivity (Wildman–Crippen MR) is 107 cm³/mol. The summed E-state index contributed by atoms with van der Waals surface area (Å²) in [7, 11) is 1.29. The Bertz CT molecular complexity index is 1230. The molecule has 0 amide bonds. The van der Waals surface area contributed by atoms with Crippen molar-refractivity contribution in [2.24, 2.45) is 0 Å². The maximum atomic E-state index is 12.1. The fourth-order valence-corrected chi connectivity index (χ4v) is 3.17. The molecule has 0 aliphatic carbocycles. The van der Waals surface area contributed by atoms with E-state index in [2.05, 4.69) is 4.74 Å². The van der Waals surface area contributed by atoms with Crippen LogP contribution >= 0.6 is 0 Å². The Kier molecular flexibility index (Phi) is 4.91. The first-order chi connectivity index (χ1) is 14.1. The minimum atomic E-state index is -0.548. The van der Waals surface area contributed by atoms with Gasteiger partial charge >= 0.3 is 11.6 Å². The van der Waals surface area contributed by atoms with Crippen LogP contribution < -0.4 is 10.4 Å². The van der Waals surface area contributed by atoms with E-state index in [1.165, 1.54) is 19.2 Å². The van der Waals surface area contributed by atoms with Crippen LogP contribution in [0.3, 0.4) is 0 Å². The van der Waals surface area contributed by atoms with Crippen molar-refractivity contribution in [1.29, 1.82) is 0 Å². The van der Waals surface area contributed by atoms with Crippen LogP contribution in [-0.4, -0.2) is 13.1 Å². The van der Waals surface area contributed by atoms with Crippen molar-refractivity contribution in [2.75, 3.05) is 7.11 Å². The monoisotopic (exact) mass is 390 g/mol. The zero-order valence-electron chi connectivity index (χ0n) is 15.9. The molecule has 0 spiro atoms. The maximum absolute atomic E-state index is 12.1. The highest BCUT2D eigenvalue weighted by Crippen LogP contribution is 2.33. The van der Waals surface area contributed by atoms with E-state index in [1.807, 2.05) is 49.4 Å². The number of furan rings is 1. The van der Waals surface area contributed by atoms with Crippen LogP contribution in [0.4, 0.5) is 0 Å². The van der Waals surface area contributed by atoms with Crippen molar-refractivity contribution < 1.29 is 23.1 Å². The molecule has 0 radical (unpaired) electrons. The summed E-state index contributed by atoms with van der Waals surface area (Å²) in [5.74, 6) is 0.597. The number of methoxy groups -OCH3 is 1. The third-order valence-electron chi connectivity index (χ3n) is 4.61. The fraction of sp³-hybridized carbons (Fsp3) is 0.130. The number of ether oxygens (including phenoxy) is 2. The lowest BCUT2D eigenvalue weighted by molar-refractivity contribution is 0.0561. The van der Waals surface area contributed by atoms with Crippen LogP contribution in [0.25, 0.3) is 22.1 Å². The van der Waals surface area contributed by atoms with E-state index in [1.54, 1.807) is 6.07 Å². The SMILES string of the molecule is COC(=O)c1ccc(COc2ccc3c(-c4ccccc4)cc(=O)oc3c2C)o1. The average Bonchev–Trinajstić information content (AvgIpc) is 3.22. The van der Waals surface area contributed by atoms with E-state index in [-0.39, 0.29) is 12.4 Å². The van der Waals surface area contributed by atoms with Crippen molar-refractivity contribution in [3.8, 4) is 16.9 Å². The van der Waals surface area contributed by atoms with Gasteiger partial charge < -0.3 is 18.3 Å². The predicted octanol–water partition coefficient (Wildman–Crippen LogP) is 4.73. The third-order valence-corrected chi connectivity index (χ3v) is 4.61. The summed E-state index contributed by atoms with van der Waals surface area (Å²) in [6.07, 6.45) is 0. The lowest BCUT2D eigenvalue weighted by Gasteiger charge is -2.12. The molecular weight excluding hydrogens is 372 g/mol. The molecule has 4 aromatic rings. The highest BCUT2D eigenvalue weighted by molar-refractivity contribution is 5.95. The molecule has 0 N–H and O–H groups in total. The number of carbonyl (C=O) groups is 1. The zero-order valence-corrected chi connectivity index (χ0v) is 15.9. The molecule has 2 heterocycles. The zero-order chi connectivity index (χ0) is 20.4. The molecule has 2 aromatic carbocycles. The second kappa shape index (κ2) is 7.67. The van der Waals surface area contributed by atoms with Crippen molar-refractivity contribution in [3.63, 3.8) is 0 Å². The van der Waals surface area contributed by atoms with Crippen LogP contribution in [0.15, 0.2) is 74.3 Å². The van der Waals surface area contributed by atoms with Crippen molar-refractivity contribution >= 4 is 16.9 Å². The molecule has 6 heteroatoms. The molecule has 0 saturated heterocycles. The Balaban J connectivity index is 1.67. The molecule has 0 unspecified atom stereocenters. The molecule has 0 aliphatic heterocycles. The lowest BCUT2D eigenvalue weighted by atomic mass is 10.0. The lowest BCUT2D eigenvalue weighted by Crippen LogP contribution is -2.01. The first kappa shape index (κ1) is 18.6. The van der Waals surface area contributed by atoms with Gasteiger partial charge in [0.25, 0.3) is 0 Å². The normalized spacial score (nSPS) is 10.8. The van der Waals surface area contributed by atoms with Crippen molar-refractivity contribution in [1.82, 2.24) is 0 Å². The number of carbonyl (C=O) groups excluding carboxylic acids is 1. The number of aryl methyl sites for hydroxylation is 1. The summed E-state index contributed by atoms with van der Waals surface area (Å²) in [4.78, 5) is 23.6. The summed E-state index contributed by atoms with van der Waals surface area (Å²) < 4.78 is 21.3. The molecule has 0 fully saturated rings. The van der Waals surface area contributed by atoms with Crippen molar-refractivity contribution in [2.45, 2.75) is 13.5 Å². The number of esters is 1. The summed E-state index contributed by atoms with van der Waals surface area (Å²) in [6, 6.07) is 18.0. The van der Waals surface area contributed by atoms with E-state index >= 15 is 0 Å². The molecule has 6 nitrogen and oxygen atoms in total. The number of rotatable bonds is 5. The van der Waals surface area contributed by atoms with Gasteiger partial charge in [-0.3, -0.25) is 0 Å². The highest BCUT2D eigenvalue weighted by atomic mass is 16.5. The van der Waals surface area contributed by atoms with Gasteiger partial charge in [0.15, 0.2) is 0 Å². The second-order valence-electron chi connectivity index (χ2n) is 6.46. The van der Waals surface area contributed by atoms with E-state index in [4.69, 9.17) is 13.6 Å². The van der Waals surface area contributed by atoms with E-state index in [0.29, 0.717) is 22.7 Å². The molecule has 2 aromatic heterocycles. The smallest absolute Gasteiger partial charge is 0.373 e. The fourth-order valence-electron chi connectivity index (χ4n) is 3.17. The van der Waals surface area contributed by atoms with E-state index in [9.17, 15) is 9.59 Å². The number of fused-ring (bicyclic) bond motifs is 1. The van der Waals surface area contributed by atoms with Crippen LogP contribution in [0, 0.1) is 6.92 Å². The minimum absolute atomic E-state index is 0.111. The van der Waals surface area contributed by atoms with Crippen LogP contribution in [-0.2, 0) is 11.3 Å². The number of hydrogen-bond donors (Lipinski definition) is 0. The third kappa shape index (κ3) is 3.65. The van der Waals surface area contributed by atoms with Gasteiger partial charge in [0, 0.05) is 17.0 Å². The number of hydrogen-bond acceptors (Lipinski definition) is 6.